The van der Waals surface area contributed by atoms with E-state index in [0.717, 1.165) is 5.39 Å². The molecule has 3 aromatic rings. The molecule has 0 fully saturated rings. The van der Waals surface area contributed by atoms with Crippen molar-refractivity contribution in [3.05, 3.63) is 58.7 Å². The minimum atomic E-state index is -1.06. The number of carbonyl (C=O) groups is 2. The monoisotopic (exact) mass is 497 g/mol. The number of carboxylic acid groups (broad SMARTS) is 1. The molecule has 1 amide bonds. The molecule has 4 rings (SSSR count). The van der Waals surface area contributed by atoms with Crippen molar-refractivity contribution in [3.8, 4) is 17.2 Å². The van der Waals surface area contributed by atoms with Crippen LogP contribution in [-0.4, -0.2) is 54.0 Å². The maximum absolute atomic E-state index is 13.0. The molecule has 1 N–H and O–H groups in total. The highest BCUT2D eigenvalue weighted by atomic mass is 35.5. The van der Waals surface area contributed by atoms with Crippen molar-refractivity contribution in [2.45, 2.75) is 25.3 Å². The first-order valence-electron chi connectivity index (χ1n) is 10.8. The molecule has 1 aromatic heterocycles. The second kappa shape index (κ2) is 10.2. The van der Waals surface area contributed by atoms with E-state index in [0.29, 0.717) is 46.0 Å². The second-order valence-electron chi connectivity index (χ2n) is 7.89. The molecule has 0 unspecified atom stereocenters. The van der Waals surface area contributed by atoms with Crippen LogP contribution in [0.5, 0.6) is 17.2 Å². The topological polar surface area (TPSA) is 111 Å². The normalized spacial score (nSPS) is 15.1. The van der Waals surface area contributed by atoms with Gasteiger partial charge in [0.05, 0.1) is 45.0 Å². The maximum atomic E-state index is 13.0. The van der Waals surface area contributed by atoms with Crippen LogP contribution in [0.4, 0.5) is 0 Å². The summed E-state index contributed by atoms with van der Waals surface area (Å²) in [6.07, 6.45) is -0.162. The van der Waals surface area contributed by atoms with Crippen LogP contribution in [0.1, 0.15) is 36.4 Å². The van der Waals surface area contributed by atoms with Gasteiger partial charge in [-0.1, -0.05) is 11.6 Å². The quantitative estimate of drug-likeness (QED) is 0.457. The number of pyridine rings is 1. The fourth-order valence-corrected chi connectivity index (χ4v) is 4.28. The van der Waals surface area contributed by atoms with Crippen LogP contribution in [0, 0.1) is 0 Å². The molecule has 0 radical (unpaired) electrons. The summed E-state index contributed by atoms with van der Waals surface area (Å²) in [5.74, 6) is 0.321. The van der Waals surface area contributed by atoms with Gasteiger partial charge in [0.15, 0.2) is 0 Å². The van der Waals surface area contributed by atoms with Gasteiger partial charge in [0.1, 0.15) is 22.4 Å². The Morgan fingerprint density at radius 3 is 2.43 bits per heavy atom. The molecular formula is C25H24ClN3O6. The molecule has 0 saturated heterocycles. The van der Waals surface area contributed by atoms with Crippen molar-refractivity contribution < 1.29 is 28.9 Å². The molecule has 0 spiro atoms. The van der Waals surface area contributed by atoms with Crippen molar-refractivity contribution in [3.63, 3.8) is 0 Å². The summed E-state index contributed by atoms with van der Waals surface area (Å²) < 4.78 is 16.1. The molecule has 35 heavy (non-hydrogen) atoms. The van der Waals surface area contributed by atoms with Crippen LogP contribution in [0.25, 0.3) is 10.9 Å². The van der Waals surface area contributed by atoms with Gasteiger partial charge in [-0.15, -0.1) is 0 Å². The second-order valence-corrected chi connectivity index (χ2v) is 8.25. The lowest BCUT2D eigenvalue weighted by atomic mass is 9.97. The van der Waals surface area contributed by atoms with Gasteiger partial charge in [-0.25, -0.2) is 9.99 Å². The summed E-state index contributed by atoms with van der Waals surface area (Å²) in [5.41, 5.74) is 2.56. The van der Waals surface area contributed by atoms with Crippen molar-refractivity contribution in [1.29, 1.82) is 0 Å². The Kier molecular flexibility index (Phi) is 7.07. The van der Waals surface area contributed by atoms with Gasteiger partial charge in [0.2, 0.25) is 5.91 Å². The van der Waals surface area contributed by atoms with Gasteiger partial charge in [0.25, 0.3) is 0 Å². The number of benzene rings is 2. The van der Waals surface area contributed by atoms with E-state index in [1.165, 1.54) is 5.01 Å². The number of fused-ring (bicyclic) bond motifs is 1. The number of carboxylic acids is 1. The molecule has 2 heterocycles. The molecule has 1 aliphatic heterocycles. The summed E-state index contributed by atoms with van der Waals surface area (Å²) >= 11 is 6.59. The van der Waals surface area contributed by atoms with Crippen molar-refractivity contribution in [2.24, 2.45) is 5.10 Å². The molecule has 2 aromatic carbocycles. The highest BCUT2D eigenvalue weighted by molar-refractivity contribution is 6.30. The highest BCUT2D eigenvalue weighted by Gasteiger charge is 2.35. The third kappa shape index (κ3) is 5.00. The molecule has 182 valence electrons. The number of aromatic nitrogens is 1. The van der Waals surface area contributed by atoms with E-state index < -0.39 is 17.9 Å². The van der Waals surface area contributed by atoms with E-state index >= 15 is 0 Å². The number of ether oxygens (including phenoxy) is 3. The molecule has 1 atom stereocenters. The fraction of sp³-hybridized carbons (Fsp3) is 0.280. The van der Waals surface area contributed by atoms with E-state index in [2.05, 4.69) is 10.1 Å². The lowest BCUT2D eigenvalue weighted by Crippen LogP contribution is -2.27. The maximum Gasteiger partial charge on any atom is 0.303 e. The Morgan fingerprint density at radius 1 is 1.03 bits per heavy atom. The molecule has 0 bridgehead atoms. The summed E-state index contributed by atoms with van der Waals surface area (Å²) in [6.45, 7) is 0. The van der Waals surface area contributed by atoms with Gasteiger partial charge < -0.3 is 19.3 Å². The Labute approximate surface area is 206 Å². The van der Waals surface area contributed by atoms with Crippen molar-refractivity contribution in [1.82, 2.24) is 9.99 Å². The molecule has 0 saturated carbocycles. The van der Waals surface area contributed by atoms with Gasteiger partial charge in [-0.05, 0) is 30.3 Å². The largest absolute Gasteiger partial charge is 0.497 e. The summed E-state index contributed by atoms with van der Waals surface area (Å²) in [7, 11) is 4.67. The third-order valence-corrected chi connectivity index (χ3v) is 6.11. The van der Waals surface area contributed by atoms with Crippen LogP contribution in [0.2, 0.25) is 5.15 Å². The van der Waals surface area contributed by atoms with Crippen LogP contribution < -0.4 is 14.2 Å². The average Bonchev–Trinajstić information content (AvgIpc) is 3.31. The van der Waals surface area contributed by atoms with E-state index in [-0.39, 0.29) is 18.0 Å². The lowest BCUT2D eigenvalue weighted by Gasteiger charge is -2.23. The van der Waals surface area contributed by atoms with Crippen molar-refractivity contribution >= 4 is 40.1 Å². The number of carbonyl (C=O) groups excluding carboxylic acids is 1. The van der Waals surface area contributed by atoms with E-state index in [4.69, 9.17) is 30.9 Å². The molecule has 9 nitrogen and oxygen atoms in total. The summed E-state index contributed by atoms with van der Waals surface area (Å²) in [5, 5.41) is 16.0. The Morgan fingerprint density at radius 2 is 1.74 bits per heavy atom. The van der Waals surface area contributed by atoms with E-state index in [9.17, 15) is 9.59 Å². The smallest absolute Gasteiger partial charge is 0.303 e. The molecule has 1 aliphatic rings. The predicted molar refractivity (Wildman–Crippen MR) is 130 cm³/mol. The first-order chi connectivity index (χ1) is 16.8. The fourth-order valence-electron chi connectivity index (χ4n) is 4.01. The van der Waals surface area contributed by atoms with Crippen molar-refractivity contribution in [2.75, 3.05) is 21.3 Å². The van der Waals surface area contributed by atoms with Crippen LogP contribution in [0.3, 0.4) is 0 Å². The number of nitrogens with zero attached hydrogens (tertiary/aromatic N) is 3. The average molecular weight is 498 g/mol. The lowest BCUT2D eigenvalue weighted by molar-refractivity contribution is -0.141. The zero-order valence-corrected chi connectivity index (χ0v) is 20.2. The number of halogens is 1. The van der Waals surface area contributed by atoms with Gasteiger partial charge >= 0.3 is 5.97 Å². The number of hydrogen-bond donors (Lipinski definition) is 1. The zero-order chi connectivity index (χ0) is 25.1. The minimum absolute atomic E-state index is 0.196. The first-order valence-corrected chi connectivity index (χ1v) is 11.2. The molecule has 0 aliphatic carbocycles. The third-order valence-electron chi connectivity index (χ3n) is 5.80. The van der Waals surface area contributed by atoms with Crippen LogP contribution in [0.15, 0.2) is 47.6 Å². The molecule has 10 heteroatoms. The van der Waals surface area contributed by atoms with Gasteiger partial charge in [0, 0.05) is 41.5 Å². The Hall–Kier alpha value is -3.85. The number of hydrogen-bond acceptors (Lipinski definition) is 7. The van der Waals surface area contributed by atoms with E-state index in [1.54, 1.807) is 39.5 Å². The summed E-state index contributed by atoms with van der Waals surface area (Å²) in [6, 6.07) is 12.1. The number of methoxy groups -OCH3 is 3. The summed E-state index contributed by atoms with van der Waals surface area (Å²) in [4.78, 5) is 28.6. The Bertz CT molecular complexity index is 1330. The number of aliphatic carboxylic acids is 1. The van der Waals surface area contributed by atoms with Gasteiger partial charge in [-0.3, -0.25) is 9.59 Å². The Balaban J connectivity index is 1.76. The zero-order valence-electron chi connectivity index (χ0n) is 19.4. The van der Waals surface area contributed by atoms with Crippen LogP contribution >= 0.6 is 11.6 Å². The number of rotatable bonds is 8. The predicted octanol–water partition coefficient (Wildman–Crippen LogP) is 4.46. The van der Waals surface area contributed by atoms with E-state index in [1.807, 2.05) is 24.3 Å². The standard InChI is InChI=1S/C25H24ClN3O6/c1-33-15-5-4-14-10-18(25(26)27-19(14)11-15)21-13-20(28-29(21)23(30)8-9-24(31)32)17-7-6-16(34-2)12-22(17)35-3/h4-7,10-12,21H,8-9,13H2,1-3H3,(H,31,32)/t21-/m0/s1. The first kappa shape index (κ1) is 24.3. The highest BCUT2D eigenvalue weighted by Crippen LogP contribution is 2.39. The SMILES string of the molecule is COc1ccc(C2=NN(C(=O)CCC(=O)O)[C@H](c3cc4ccc(OC)cc4nc3Cl)C2)c(OC)c1. The number of hydrazone groups is 1. The van der Waals surface area contributed by atoms with Crippen LogP contribution in [-0.2, 0) is 9.59 Å². The van der Waals surface area contributed by atoms with Gasteiger partial charge in [-0.2, -0.15) is 5.10 Å². The molecular weight excluding hydrogens is 474 g/mol. The minimum Gasteiger partial charge on any atom is -0.497 e. The number of amides is 1.